The van der Waals surface area contributed by atoms with E-state index in [0.717, 1.165) is 0 Å². The first-order valence-corrected chi connectivity index (χ1v) is 6.19. The van der Waals surface area contributed by atoms with Gasteiger partial charge >= 0.3 is 0 Å². The second kappa shape index (κ2) is 5.70. The van der Waals surface area contributed by atoms with E-state index in [-0.39, 0.29) is 12.0 Å². The zero-order valence-electron chi connectivity index (χ0n) is 7.48. The molecule has 6 heteroatoms. The first kappa shape index (κ1) is 12.8. The smallest absolute Gasteiger partial charge is 0.245 e. The van der Waals surface area contributed by atoms with E-state index in [1.807, 2.05) is 6.07 Å². The molecule has 80 valence electrons. The first-order valence-electron chi connectivity index (χ1n) is 3.99. The summed E-state index contributed by atoms with van der Waals surface area (Å²) in [6.45, 7) is 0. The minimum atomic E-state index is -2.55. The number of halogens is 4. The van der Waals surface area contributed by atoms with Gasteiger partial charge in [0.1, 0.15) is 3.70 Å². The molecule has 0 aliphatic rings. The van der Waals surface area contributed by atoms with Gasteiger partial charge in [-0.15, -0.1) is 0 Å². The Hall–Kier alpha value is -0.290. The van der Waals surface area contributed by atoms with Crippen molar-refractivity contribution in [3.8, 4) is 6.07 Å². The number of pyridine rings is 1. The molecule has 0 fully saturated rings. The van der Waals surface area contributed by atoms with Crippen molar-refractivity contribution >= 4 is 38.5 Å². The Bertz CT molecular complexity index is 404. The number of alkyl halides is 3. The van der Waals surface area contributed by atoms with Crippen molar-refractivity contribution < 1.29 is 8.78 Å². The predicted molar refractivity (Wildman–Crippen MR) is 63.9 cm³/mol. The Morgan fingerprint density at radius 2 is 2.27 bits per heavy atom. The molecule has 0 aliphatic heterocycles. The molecule has 0 bridgehead atoms. The fourth-order valence-corrected chi connectivity index (χ4v) is 2.26. The molecule has 0 spiro atoms. The zero-order chi connectivity index (χ0) is 11.4. The van der Waals surface area contributed by atoms with Crippen LogP contribution in [0.5, 0.6) is 0 Å². The van der Waals surface area contributed by atoms with E-state index in [1.54, 1.807) is 22.6 Å². The maximum Gasteiger partial charge on any atom is 0.266 e. The van der Waals surface area contributed by atoms with Crippen molar-refractivity contribution in [3.05, 3.63) is 26.6 Å². The third kappa shape index (κ3) is 3.08. The van der Waals surface area contributed by atoms with Crippen molar-refractivity contribution in [1.29, 1.82) is 5.26 Å². The highest BCUT2D eigenvalue weighted by molar-refractivity contribution is 14.1. The van der Waals surface area contributed by atoms with E-state index in [1.165, 1.54) is 6.07 Å². The summed E-state index contributed by atoms with van der Waals surface area (Å²) in [5, 5.41) is 9.02. The summed E-state index contributed by atoms with van der Waals surface area (Å²) in [6.07, 6.45) is -2.45. The van der Waals surface area contributed by atoms with Gasteiger partial charge in [0, 0.05) is 10.9 Å². The highest BCUT2D eigenvalue weighted by Crippen LogP contribution is 2.26. The summed E-state index contributed by atoms with van der Waals surface area (Å²) in [6, 6.07) is 3.30. The first-order chi connectivity index (χ1) is 7.10. The van der Waals surface area contributed by atoms with Gasteiger partial charge in [-0.1, -0.05) is 15.9 Å². The molecule has 0 N–H and O–H groups in total. The Balaban J connectivity index is 3.25. The molecular weight excluding hydrogens is 381 g/mol. The molecule has 0 saturated carbocycles. The van der Waals surface area contributed by atoms with Gasteiger partial charge in [-0.05, 0) is 34.2 Å². The zero-order valence-corrected chi connectivity index (χ0v) is 11.2. The molecular formula is C9H6BrF2IN2. The van der Waals surface area contributed by atoms with Crippen LogP contribution in [-0.2, 0) is 11.8 Å². The summed E-state index contributed by atoms with van der Waals surface area (Å²) < 4.78 is 25.4. The third-order valence-electron chi connectivity index (χ3n) is 1.80. The van der Waals surface area contributed by atoms with E-state index in [4.69, 9.17) is 5.26 Å². The van der Waals surface area contributed by atoms with Crippen LogP contribution in [0.1, 0.15) is 23.2 Å². The summed E-state index contributed by atoms with van der Waals surface area (Å²) in [5.41, 5.74) is 1.10. The van der Waals surface area contributed by atoms with Crippen LogP contribution in [0.15, 0.2) is 6.07 Å². The lowest BCUT2D eigenvalue weighted by atomic mass is 10.1. The molecule has 1 aromatic rings. The van der Waals surface area contributed by atoms with Gasteiger partial charge in [-0.3, -0.25) is 0 Å². The number of nitriles is 1. The predicted octanol–water partition coefficient (Wildman–Crippen LogP) is 3.58. The van der Waals surface area contributed by atoms with Crippen LogP contribution in [0.2, 0.25) is 0 Å². The standard InChI is InChI=1S/C9H6BrF2IN2/c10-4-7-5(1-2-14)3-6(8(11)12)9(13)15-7/h3,8H,1,4H2. The van der Waals surface area contributed by atoms with E-state index in [9.17, 15) is 8.78 Å². The minimum absolute atomic E-state index is 0.102. The van der Waals surface area contributed by atoms with Crippen LogP contribution in [0.3, 0.4) is 0 Å². The van der Waals surface area contributed by atoms with Crippen molar-refractivity contribution in [2.45, 2.75) is 18.2 Å². The largest absolute Gasteiger partial charge is 0.266 e. The highest BCUT2D eigenvalue weighted by atomic mass is 127. The van der Waals surface area contributed by atoms with Gasteiger partial charge in [-0.25, -0.2) is 13.8 Å². The lowest BCUT2D eigenvalue weighted by molar-refractivity contribution is 0.149. The molecule has 1 rings (SSSR count). The van der Waals surface area contributed by atoms with E-state index >= 15 is 0 Å². The maximum atomic E-state index is 12.5. The van der Waals surface area contributed by atoms with Gasteiger partial charge in [-0.2, -0.15) is 5.26 Å². The average Bonchev–Trinajstić information content (AvgIpc) is 2.20. The van der Waals surface area contributed by atoms with Crippen molar-refractivity contribution in [2.75, 3.05) is 0 Å². The van der Waals surface area contributed by atoms with Crippen LogP contribution >= 0.6 is 38.5 Å². The number of hydrogen-bond donors (Lipinski definition) is 0. The van der Waals surface area contributed by atoms with Gasteiger partial charge < -0.3 is 0 Å². The Morgan fingerprint density at radius 3 is 2.73 bits per heavy atom. The van der Waals surface area contributed by atoms with E-state index in [2.05, 4.69) is 20.9 Å². The van der Waals surface area contributed by atoms with Crippen LogP contribution in [0.4, 0.5) is 8.78 Å². The number of nitrogens with zero attached hydrogens (tertiary/aromatic N) is 2. The number of hydrogen-bond acceptors (Lipinski definition) is 2. The Morgan fingerprint density at radius 1 is 1.60 bits per heavy atom. The molecule has 15 heavy (non-hydrogen) atoms. The van der Waals surface area contributed by atoms with Crippen molar-refractivity contribution in [2.24, 2.45) is 0 Å². The molecule has 0 saturated heterocycles. The summed E-state index contributed by atoms with van der Waals surface area (Å²) in [4.78, 5) is 4.04. The van der Waals surface area contributed by atoms with Crippen molar-refractivity contribution in [3.63, 3.8) is 0 Å². The molecule has 1 aromatic heterocycles. The molecule has 2 nitrogen and oxygen atoms in total. The van der Waals surface area contributed by atoms with Crippen LogP contribution in [-0.4, -0.2) is 4.98 Å². The monoisotopic (exact) mass is 386 g/mol. The summed E-state index contributed by atoms with van der Waals surface area (Å²) in [7, 11) is 0. The topological polar surface area (TPSA) is 36.7 Å². The normalized spacial score (nSPS) is 10.4. The van der Waals surface area contributed by atoms with Crippen LogP contribution < -0.4 is 0 Å². The lowest BCUT2D eigenvalue weighted by Crippen LogP contribution is -2.02. The SMILES string of the molecule is N#CCc1cc(C(F)F)c(I)nc1CBr. The van der Waals surface area contributed by atoms with Gasteiger partial charge in [0.05, 0.1) is 18.2 Å². The molecule has 0 radical (unpaired) electrons. The van der Waals surface area contributed by atoms with E-state index in [0.29, 0.717) is 20.3 Å². The van der Waals surface area contributed by atoms with Crippen molar-refractivity contribution in [1.82, 2.24) is 4.98 Å². The summed E-state index contributed by atoms with van der Waals surface area (Å²) in [5.74, 6) is 0. The fourth-order valence-electron chi connectivity index (χ4n) is 1.09. The lowest BCUT2D eigenvalue weighted by Gasteiger charge is -2.08. The maximum absolute atomic E-state index is 12.5. The second-order valence-electron chi connectivity index (χ2n) is 2.74. The summed E-state index contributed by atoms with van der Waals surface area (Å²) >= 11 is 4.99. The van der Waals surface area contributed by atoms with Gasteiger partial charge in [0.15, 0.2) is 0 Å². The number of aromatic nitrogens is 1. The minimum Gasteiger partial charge on any atom is -0.245 e. The molecule has 0 amide bonds. The third-order valence-corrected chi connectivity index (χ3v) is 3.20. The quantitative estimate of drug-likeness (QED) is 0.452. The highest BCUT2D eigenvalue weighted by Gasteiger charge is 2.16. The Kier molecular flexibility index (Phi) is 4.86. The molecule has 1 heterocycles. The molecule has 0 unspecified atom stereocenters. The molecule has 0 atom stereocenters. The number of rotatable bonds is 3. The van der Waals surface area contributed by atoms with E-state index < -0.39 is 6.43 Å². The fraction of sp³-hybridized carbons (Fsp3) is 0.333. The second-order valence-corrected chi connectivity index (χ2v) is 4.33. The average molecular weight is 387 g/mol. The van der Waals surface area contributed by atoms with Crippen LogP contribution in [0, 0.1) is 15.0 Å². The van der Waals surface area contributed by atoms with Gasteiger partial charge in [0.25, 0.3) is 6.43 Å². The molecule has 0 aromatic carbocycles. The molecule has 0 aliphatic carbocycles. The van der Waals surface area contributed by atoms with Crippen LogP contribution in [0.25, 0.3) is 0 Å². The van der Waals surface area contributed by atoms with Gasteiger partial charge in [0.2, 0.25) is 0 Å². The Labute approximate surface area is 108 Å².